The molecule has 4 rings (SSSR count). The van der Waals surface area contributed by atoms with Gasteiger partial charge in [-0.1, -0.05) is 24.3 Å². The third-order valence-electron chi connectivity index (χ3n) is 9.70. The minimum atomic E-state index is -4.22. The molecule has 0 spiro atoms. The molecule has 344 valence electrons. The van der Waals surface area contributed by atoms with Crippen LogP contribution in [0.15, 0.2) is 84.9 Å². The van der Waals surface area contributed by atoms with Gasteiger partial charge >= 0.3 is 6.16 Å². The van der Waals surface area contributed by atoms with E-state index in [0.717, 1.165) is 71.4 Å². The third-order valence-corrected chi connectivity index (χ3v) is 16.3. The van der Waals surface area contributed by atoms with E-state index < -0.39 is 92.4 Å². The number of nitro groups is 2. The fourth-order valence-corrected chi connectivity index (χ4v) is 10.6. The summed E-state index contributed by atoms with van der Waals surface area (Å²) >= 11 is 2.17. The smallest absolute Gasteiger partial charge is 0.497 e. The van der Waals surface area contributed by atoms with Crippen LogP contribution < -0.4 is 18.9 Å². The van der Waals surface area contributed by atoms with Gasteiger partial charge in [-0.25, -0.2) is 21.6 Å². The van der Waals surface area contributed by atoms with Crippen molar-refractivity contribution in [2.75, 3.05) is 38.8 Å². The molecule has 0 heterocycles. The van der Waals surface area contributed by atoms with E-state index in [1.165, 1.54) is 50.5 Å². The Morgan fingerprint density at radius 2 is 0.953 bits per heavy atom. The molecule has 2 unspecified atom stereocenters. The van der Waals surface area contributed by atoms with Gasteiger partial charge in [0, 0.05) is 73.8 Å². The number of benzene rings is 4. The summed E-state index contributed by atoms with van der Waals surface area (Å²) in [5, 5.41) is 20.4. The molecule has 2 amide bonds. The molecule has 0 aliphatic carbocycles. The van der Waals surface area contributed by atoms with Gasteiger partial charge in [0.2, 0.25) is 11.8 Å². The number of nitro benzene ring substituents is 2. The zero-order chi connectivity index (χ0) is 47.4. The van der Waals surface area contributed by atoms with Crippen LogP contribution >= 0.6 is 23.9 Å². The molecule has 0 saturated heterocycles. The summed E-state index contributed by atoms with van der Waals surface area (Å²) in [6, 6.07) is 19.9. The van der Waals surface area contributed by atoms with Crippen LogP contribution in [0.5, 0.6) is 23.0 Å². The van der Waals surface area contributed by atoms with Gasteiger partial charge in [0.25, 0.3) is 11.4 Å². The van der Waals surface area contributed by atoms with Gasteiger partial charge in [0.15, 0.2) is 19.7 Å². The number of hydrogen-bond donors (Lipinski definition) is 0. The number of amides is 2. The zero-order valence-electron chi connectivity index (χ0n) is 35.5. The van der Waals surface area contributed by atoms with E-state index in [1.54, 1.807) is 48.5 Å². The highest BCUT2D eigenvalue weighted by Gasteiger charge is 2.32. The van der Waals surface area contributed by atoms with E-state index in [0.29, 0.717) is 23.0 Å². The number of hydrogen-bond acceptors (Lipinski definition) is 17. The molecular weight excluding hydrogens is 917 g/mol. The van der Waals surface area contributed by atoms with E-state index in [-0.39, 0.29) is 24.2 Å². The average molecular weight is 963 g/mol. The van der Waals surface area contributed by atoms with Crippen molar-refractivity contribution in [1.29, 1.82) is 0 Å². The maximum absolute atomic E-state index is 13.7. The van der Waals surface area contributed by atoms with Crippen molar-refractivity contribution in [2.45, 2.75) is 49.7 Å². The van der Waals surface area contributed by atoms with Gasteiger partial charge in [-0.15, -0.1) is 0 Å². The summed E-state index contributed by atoms with van der Waals surface area (Å²) in [6.45, 7) is 4.48. The first-order valence-corrected chi connectivity index (χ1v) is 24.4. The highest BCUT2D eigenvalue weighted by Crippen LogP contribution is 2.37. The van der Waals surface area contributed by atoms with Crippen LogP contribution in [0.25, 0.3) is 0 Å². The molecule has 4 aromatic rings. The predicted molar refractivity (Wildman–Crippen MR) is 241 cm³/mol. The molecule has 0 aliphatic heterocycles. The van der Waals surface area contributed by atoms with Crippen LogP contribution in [0, 0.1) is 20.2 Å². The Morgan fingerprint density at radius 3 is 1.25 bits per heavy atom. The van der Waals surface area contributed by atoms with Gasteiger partial charge in [-0.3, -0.25) is 38.4 Å². The topological polar surface area (TPSA) is 249 Å². The minimum absolute atomic E-state index is 0.255. The number of rotatable bonds is 22. The van der Waals surface area contributed by atoms with Crippen LogP contribution in [-0.2, 0) is 40.8 Å². The summed E-state index contributed by atoms with van der Waals surface area (Å²) in [4.78, 5) is 60.3. The van der Waals surface area contributed by atoms with E-state index in [9.17, 15) is 51.4 Å². The summed E-state index contributed by atoms with van der Waals surface area (Å²) in [6.07, 6.45) is -1.53. The fraction of sp³-hybridized carbons (Fsp3) is 0.341. The highest BCUT2D eigenvalue weighted by atomic mass is 32.2. The second-order valence-electron chi connectivity index (χ2n) is 13.9. The maximum atomic E-state index is 13.7. The number of ether oxygens (including phenoxy) is 4. The molecule has 0 radical (unpaired) electrons. The third kappa shape index (κ3) is 14.0. The second kappa shape index (κ2) is 22.6. The number of carbonyl (C=O) groups excluding carboxylic acids is 3. The van der Waals surface area contributed by atoms with E-state index >= 15 is 0 Å². The van der Waals surface area contributed by atoms with Crippen molar-refractivity contribution in [3.63, 3.8) is 0 Å². The lowest BCUT2D eigenvalue weighted by Crippen LogP contribution is -2.29. The predicted octanol–water partition coefficient (Wildman–Crippen LogP) is 7.44. The molecule has 23 heteroatoms. The summed E-state index contributed by atoms with van der Waals surface area (Å²) in [5.74, 6) is -0.995. The van der Waals surface area contributed by atoms with Crippen molar-refractivity contribution in [3.8, 4) is 23.0 Å². The summed E-state index contributed by atoms with van der Waals surface area (Å²) < 4.78 is 78.5. The first-order chi connectivity index (χ1) is 30.1. The van der Waals surface area contributed by atoms with Crippen LogP contribution in [-0.4, -0.2) is 92.1 Å². The maximum Gasteiger partial charge on any atom is 0.519 e. The minimum Gasteiger partial charge on any atom is -0.497 e. The number of methoxy groups -OCH3 is 2. The van der Waals surface area contributed by atoms with Crippen LogP contribution in [0.1, 0.15) is 60.4 Å². The van der Waals surface area contributed by atoms with Crippen molar-refractivity contribution < 1.29 is 60.0 Å². The van der Waals surface area contributed by atoms with Gasteiger partial charge in [-0.05, 0) is 85.3 Å². The largest absolute Gasteiger partial charge is 0.519 e. The molecule has 0 fully saturated rings. The molecular formula is C41H46N4O15S4. The molecule has 4 aromatic carbocycles. The fourth-order valence-electron chi connectivity index (χ4n) is 5.86. The average Bonchev–Trinajstić information content (AvgIpc) is 3.25. The lowest BCUT2D eigenvalue weighted by Gasteiger charge is -2.22. The number of nitrogens with zero attached hydrogens (tertiary/aromatic N) is 4. The van der Waals surface area contributed by atoms with Gasteiger partial charge < -0.3 is 18.9 Å². The SMILES string of the molecule is COc1ccc(CSN(CCS(=O)(=O)C(C)c2cc([N+](=O)[O-])ccc2OC(=O)Oc2ccc([N+](=O)[O-])cc2C(C)S(=O)(=O)CCN(SCc2ccc(OC)cc2)C(C)=O)C(C)=O)cc1. The number of non-ortho nitro benzene ring substituents is 2. The molecule has 19 nitrogen and oxygen atoms in total. The van der Waals surface area contributed by atoms with E-state index in [4.69, 9.17) is 18.9 Å². The van der Waals surface area contributed by atoms with E-state index in [2.05, 4.69) is 0 Å². The molecule has 0 bridgehead atoms. The Morgan fingerprint density at radius 1 is 0.609 bits per heavy atom. The van der Waals surface area contributed by atoms with Crippen molar-refractivity contribution in [2.24, 2.45) is 0 Å². The normalized spacial score (nSPS) is 12.3. The van der Waals surface area contributed by atoms with Crippen LogP contribution in [0.3, 0.4) is 0 Å². The second-order valence-corrected chi connectivity index (χ2v) is 20.8. The number of carbonyl (C=O) groups is 3. The molecule has 0 aliphatic rings. The van der Waals surface area contributed by atoms with Gasteiger partial charge in [0.05, 0.1) is 46.1 Å². The summed E-state index contributed by atoms with van der Waals surface area (Å²) in [7, 11) is -5.39. The monoisotopic (exact) mass is 962 g/mol. The number of sulfone groups is 2. The van der Waals surface area contributed by atoms with Crippen molar-refractivity contribution >= 4 is 72.9 Å². The Labute approximate surface area is 378 Å². The molecule has 2 atom stereocenters. The lowest BCUT2D eigenvalue weighted by molar-refractivity contribution is -0.385. The quantitative estimate of drug-likeness (QED) is 0.0244. The molecule has 0 aromatic heterocycles. The Kier molecular flexibility index (Phi) is 17.9. The highest BCUT2D eigenvalue weighted by molar-refractivity contribution is 7.97. The van der Waals surface area contributed by atoms with E-state index in [1.807, 2.05) is 0 Å². The Balaban J connectivity index is 1.52. The lowest BCUT2D eigenvalue weighted by atomic mass is 10.1. The molecule has 0 saturated carbocycles. The Hall–Kier alpha value is -5.91. The van der Waals surface area contributed by atoms with Crippen molar-refractivity contribution in [1.82, 2.24) is 8.61 Å². The van der Waals surface area contributed by atoms with Crippen molar-refractivity contribution in [3.05, 3.63) is 127 Å². The first kappa shape index (κ1) is 50.7. The van der Waals surface area contributed by atoms with Gasteiger partial charge in [-0.2, -0.15) is 0 Å². The summed E-state index contributed by atoms with van der Waals surface area (Å²) in [5.41, 5.74) is 0.0124. The molecule has 64 heavy (non-hydrogen) atoms. The molecule has 0 N–H and O–H groups in total. The standard InChI is InChI=1S/C41H46N4O15S4/c1-27(63(53,54)21-19-42(29(3)46)61-25-31-7-13-35(57-5)14-8-31)37-23-33(44(49)50)11-17-39(37)59-41(48)60-40-18-12-34(45(51)52)24-38(40)28(2)64(55,56)22-20-43(30(4)47)62-26-32-9-15-36(58-6)16-10-32/h7-18,23-24,27-28H,19-22,25-26H2,1-6H3. The van der Waals surface area contributed by atoms with Crippen LogP contribution in [0.2, 0.25) is 0 Å². The zero-order valence-corrected chi connectivity index (χ0v) is 38.8. The van der Waals surface area contributed by atoms with Gasteiger partial charge in [0.1, 0.15) is 23.0 Å². The Bertz CT molecular complexity index is 2380. The van der Waals surface area contributed by atoms with Crippen LogP contribution in [0.4, 0.5) is 16.2 Å². The first-order valence-electron chi connectivity index (χ1n) is 19.1.